The Bertz CT molecular complexity index is 1220. The molecule has 0 aliphatic heterocycles. The molecule has 2 amide bonds. The Morgan fingerprint density at radius 1 is 1.06 bits per heavy atom. The molecule has 0 aliphatic carbocycles. The van der Waals surface area contributed by atoms with Gasteiger partial charge >= 0.3 is 0 Å². The van der Waals surface area contributed by atoms with Crippen LogP contribution in [0.15, 0.2) is 82.8 Å². The predicted molar refractivity (Wildman–Crippen MR) is 132 cm³/mol. The van der Waals surface area contributed by atoms with Crippen molar-refractivity contribution in [2.45, 2.75) is 6.54 Å². The second kappa shape index (κ2) is 11.9. The van der Waals surface area contributed by atoms with E-state index in [-0.39, 0.29) is 18.1 Å². The van der Waals surface area contributed by atoms with Gasteiger partial charge in [-0.1, -0.05) is 60.1 Å². The number of halogens is 2. The van der Waals surface area contributed by atoms with Crippen LogP contribution in [0.2, 0.25) is 5.02 Å². The topological polar surface area (TPSA) is 91.2 Å². The maximum Gasteiger partial charge on any atom is 0.262 e. The van der Waals surface area contributed by atoms with E-state index in [2.05, 4.69) is 26.6 Å². The Hall–Kier alpha value is -3.60. The van der Waals surface area contributed by atoms with Crippen molar-refractivity contribution in [3.63, 3.8) is 0 Å². The monoisotopic (exact) mass is 523 g/mol. The van der Waals surface area contributed by atoms with Gasteiger partial charge in [0, 0.05) is 6.54 Å². The molecule has 3 aromatic rings. The fourth-order valence-corrected chi connectivity index (χ4v) is 3.50. The summed E-state index contributed by atoms with van der Waals surface area (Å²) in [6, 6.07) is 23.3. The number of benzene rings is 3. The molecule has 0 aliphatic rings. The van der Waals surface area contributed by atoms with E-state index < -0.39 is 5.91 Å². The molecule has 0 saturated heterocycles. The minimum atomic E-state index is -0.464. The van der Waals surface area contributed by atoms with Crippen LogP contribution in [0.25, 0.3) is 6.08 Å². The van der Waals surface area contributed by atoms with Crippen LogP contribution in [-0.4, -0.2) is 18.4 Å². The first-order valence-electron chi connectivity index (χ1n) is 9.87. The Kier molecular flexibility index (Phi) is 8.64. The molecule has 0 radical (unpaired) electrons. The van der Waals surface area contributed by atoms with Crippen molar-refractivity contribution in [1.29, 1.82) is 5.26 Å². The smallest absolute Gasteiger partial charge is 0.262 e. The molecule has 3 rings (SSSR count). The SMILES string of the molecule is N#C/C(=C\c1ccc(OCC(=O)Nc2ccccc2Cl)c(Br)c1)C(=O)NCc1ccccc1. The molecule has 0 fully saturated rings. The fraction of sp³-hybridized carbons (Fsp3) is 0.0800. The van der Waals surface area contributed by atoms with Gasteiger partial charge in [-0.05, 0) is 57.4 Å². The van der Waals surface area contributed by atoms with Crippen molar-refractivity contribution < 1.29 is 14.3 Å². The van der Waals surface area contributed by atoms with Crippen LogP contribution in [-0.2, 0) is 16.1 Å². The maximum absolute atomic E-state index is 12.4. The number of rotatable bonds is 8. The van der Waals surface area contributed by atoms with Gasteiger partial charge in [0.1, 0.15) is 17.4 Å². The minimum absolute atomic E-state index is 0.0226. The second-order valence-electron chi connectivity index (χ2n) is 6.84. The Morgan fingerprint density at radius 2 is 1.79 bits per heavy atom. The van der Waals surface area contributed by atoms with Crippen LogP contribution < -0.4 is 15.4 Å². The lowest BCUT2D eigenvalue weighted by atomic mass is 10.1. The summed E-state index contributed by atoms with van der Waals surface area (Å²) >= 11 is 9.43. The molecule has 0 atom stereocenters. The molecule has 3 aromatic carbocycles. The maximum atomic E-state index is 12.4. The van der Waals surface area contributed by atoms with Gasteiger partial charge in [-0.25, -0.2) is 0 Å². The highest BCUT2D eigenvalue weighted by molar-refractivity contribution is 9.10. The molecule has 0 heterocycles. The van der Waals surface area contributed by atoms with E-state index in [1.54, 1.807) is 42.5 Å². The first-order chi connectivity index (χ1) is 16.0. The third-order valence-electron chi connectivity index (χ3n) is 4.43. The van der Waals surface area contributed by atoms with Gasteiger partial charge in [-0.15, -0.1) is 0 Å². The van der Waals surface area contributed by atoms with Gasteiger partial charge in [0.2, 0.25) is 0 Å². The summed E-state index contributed by atoms with van der Waals surface area (Å²) in [4.78, 5) is 24.5. The fourth-order valence-electron chi connectivity index (χ4n) is 2.80. The molecule has 6 nitrogen and oxygen atoms in total. The van der Waals surface area contributed by atoms with Gasteiger partial charge < -0.3 is 15.4 Å². The van der Waals surface area contributed by atoms with E-state index in [9.17, 15) is 14.9 Å². The standard InChI is InChI=1S/C25H19BrClN3O3/c26-20-13-18(12-19(14-28)25(32)29-15-17-6-2-1-3-7-17)10-11-23(20)33-16-24(31)30-22-9-5-4-8-21(22)27/h1-13H,15-16H2,(H,29,32)(H,30,31)/b19-12+. The third-order valence-corrected chi connectivity index (χ3v) is 5.38. The summed E-state index contributed by atoms with van der Waals surface area (Å²) < 4.78 is 6.14. The lowest BCUT2D eigenvalue weighted by Gasteiger charge is -2.10. The van der Waals surface area contributed by atoms with Gasteiger partial charge in [0.25, 0.3) is 11.8 Å². The number of amides is 2. The summed E-state index contributed by atoms with van der Waals surface area (Å²) in [7, 11) is 0. The highest BCUT2D eigenvalue weighted by Gasteiger charge is 2.11. The zero-order valence-electron chi connectivity index (χ0n) is 17.3. The normalized spacial score (nSPS) is 10.8. The molecule has 8 heteroatoms. The number of carbonyl (C=O) groups excluding carboxylic acids is 2. The van der Waals surface area contributed by atoms with Crippen LogP contribution in [0, 0.1) is 11.3 Å². The molecule has 0 saturated carbocycles. The number of nitrogens with one attached hydrogen (secondary N) is 2. The summed E-state index contributed by atoms with van der Waals surface area (Å²) in [5.74, 6) is -0.386. The molecule has 166 valence electrons. The zero-order valence-corrected chi connectivity index (χ0v) is 19.7. The van der Waals surface area contributed by atoms with Crippen molar-refractivity contribution in [1.82, 2.24) is 5.32 Å². The Labute approximate surface area is 205 Å². The minimum Gasteiger partial charge on any atom is -0.483 e. The third kappa shape index (κ3) is 7.21. The number of hydrogen-bond donors (Lipinski definition) is 2. The van der Waals surface area contributed by atoms with Crippen LogP contribution in [0.1, 0.15) is 11.1 Å². The lowest BCUT2D eigenvalue weighted by Crippen LogP contribution is -2.23. The number of para-hydroxylation sites is 1. The molecule has 0 spiro atoms. The van der Waals surface area contributed by atoms with Crippen molar-refractivity contribution in [3.8, 4) is 11.8 Å². The summed E-state index contributed by atoms with van der Waals surface area (Å²) in [5.41, 5.74) is 2.04. The van der Waals surface area contributed by atoms with Crippen molar-refractivity contribution in [2.75, 3.05) is 11.9 Å². The average Bonchev–Trinajstić information content (AvgIpc) is 2.82. The van der Waals surface area contributed by atoms with E-state index in [1.807, 2.05) is 36.4 Å². The molecule has 0 bridgehead atoms. The number of carbonyl (C=O) groups is 2. The molecule has 0 unspecified atom stereocenters. The Balaban J connectivity index is 1.59. The summed E-state index contributed by atoms with van der Waals surface area (Å²) in [6.07, 6.45) is 1.49. The highest BCUT2D eigenvalue weighted by Crippen LogP contribution is 2.27. The number of ether oxygens (including phenoxy) is 1. The first kappa shape index (κ1) is 24.1. The highest BCUT2D eigenvalue weighted by atomic mass is 79.9. The predicted octanol–water partition coefficient (Wildman–Crippen LogP) is 5.34. The van der Waals surface area contributed by atoms with Gasteiger partial charge in [-0.3, -0.25) is 9.59 Å². The largest absolute Gasteiger partial charge is 0.483 e. The summed E-state index contributed by atoms with van der Waals surface area (Å²) in [5, 5.41) is 15.2. The number of nitrogens with zero attached hydrogens (tertiary/aromatic N) is 1. The molecule has 2 N–H and O–H groups in total. The second-order valence-corrected chi connectivity index (χ2v) is 8.11. The van der Waals surface area contributed by atoms with Crippen LogP contribution in [0.3, 0.4) is 0 Å². The van der Waals surface area contributed by atoms with E-state index in [4.69, 9.17) is 16.3 Å². The number of nitriles is 1. The van der Waals surface area contributed by atoms with E-state index >= 15 is 0 Å². The van der Waals surface area contributed by atoms with Gasteiger partial charge in [0.15, 0.2) is 6.61 Å². The molecular formula is C25H19BrClN3O3. The average molecular weight is 525 g/mol. The van der Waals surface area contributed by atoms with Crippen LogP contribution in [0.4, 0.5) is 5.69 Å². The Morgan fingerprint density at radius 3 is 2.48 bits per heavy atom. The van der Waals surface area contributed by atoms with Crippen LogP contribution >= 0.6 is 27.5 Å². The molecule has 33 heavy (non-hydrogen) atoms. The van der Waals surface area contributed by atoms with Crippen molar-refractivity contribution in [2.24, 2.45) is 0 Å². The van der Waals surface area contributed by atoms with E-state index in [0.29, 0.717) is 33.0 Å². The molecule has 0 aromatic heterocycles. The van der Waals surface area contributed by atoms with Crippen LogP contribution in [0.5, 0.6) is 5.75 Å². The quantitative estimate of drug-likeness (QED) is 0.307. The lowest BCUT2D eigenvalue weighted by molar-refractivity contribution is -0.118. The molecular weight excluding hydrogens is 506 g/mol. The number of anilines is 1. The van der Waals surface area contributed by atoms with Gasteiger partial charge in [-0.2, -0.15) is 5.26 Å². The zero-order chi connectivity index (χ0) is 23.6. The first-order valence-corrected chi connectivity index (χ1v) is 11.0. The van der Waals surface area contributed by atoms with Crippen molar-refractivity contribution in [3.05, 3.63) is 99.0 Å². The van der Waals surface area contributed by atoms with Crippen molar-refractivity contribution >= 4 is 51.1 Å². The van der Waals surface area contributed by atoms with E-state index in [0.717, 1.165) is 5.56 Å². The number of hydrogen-bond acceptors (Lipinski definition) is 4. The van der Waals surface area contributed by atoms with Gasteiger partial charge in [0.05, 0.1) is 15.2 Å². The van der Waals surface area contributed by atoms with E-state index in [1.165, 1.54) is 6.08 Å². The summed E-state index contributed by atoms with van der Waals surface area (Å²) in [6.45, 7) is 0.107.